The van der Waals surface area contributed by atoms with E-state index in [9.17, 15) is 14.4 Å². The van der Waals surface area contributed by atoms with Crippen molar-refractivity contribution < 1.29 is 19.1 Å². The van der Waals surface area contributed by atoms with Gasteiger partial charge in [-0.2, -0.15) is 10.2 Å². The van der Waals surface area contributed by atoms with Crippen LogP contribution in [0.1, 0.15) is 36.1 Å². The maximum absolute atomic E-state index is 12.9. The van der Waals surface area contributed by atoms with Crippen molar-refractivity contribution in [2.45, 2.75) is 26.8 Å². The first-order valence-corrected chi connectivity index (χ1v) is 10.4. The number of nitrogens with zero attached hydrogens (tertiary/aromatic N) is 6. The Morgan fingerprint density at radius 2 is 1.87 bits per heavy atom. The number of nitrogens with one attached hydrogen (secondary N) is 1. The van der Waals surface area contributed by atoms with Crippen molar-refractivity contribution in [2.24, 2.45) is 7.05 Å². The monoisotopic (exact) mass is 451 g/mol. The largest absolute Gasteiger partial charge is 0.450 e. The molecule has 0 aliphatic carbocycles. The molecule has 3 amide bonds. The van der Waals surface area contributed by atoms with Gasteiger partial charge in [0.1, 0.15) is 11.7 Å². The van der Waals surface area contributed by atoms with Crippen molar-refractivity contribution in [2.75, 3.05) is 38.1 Å². The molecule has 1 atom stereocenters. The zero-order valence-corrected chi connectivity index (χ0v) is 18.7. The SMILES string of the molecule is CCOC(=O)N1CCN(C(=O)C(C)n2cc(NC(=O)c3c(Cl)cnn3C)c(C)n2)CC1. The summed E-state index contributed by atoms with van der Waals surface area (Å²) in [7, 11) is 1.62. The fourth-order valence-electron chi connectivity index (χ4n) is 3.35. The molecular formula is C19H26ClN7O4. The number of rotatable bonds is 5. The molecule has 2 aromatic rings. The van der Waals surface area contributed by atoms with Gasteiger partial charge in [0.25, 0.3) is 5.91 Å². The van der Waals surface area contributed by atoms with Gasteiger partial charge in [-0.05, 0) is 20.8 Å². The van der Waals surface area contributed by atoms with E-state index in [0.717, 1.165) is 0 Å². The number of anilines is 1. The number of ether oxygens (including phenoxy) is 1. The van der Waals surface area contributed by atoms with E-state index in [2.05, 4.69) is 15.5 Å². The maximum Gasteiger partial charge on any atom is 0.409 e. The van der Waals surface area contributed by atoms with Gasteiger partial charge in [0, 0.05) is 39.4 Å². The van der Waals surface area contributed by atoms with E-state index in [1.54, 1.807) is 43.8 Å². The average Bonchev–Trinajstić information content (AvgIpc) is 3.28. The van der Waals surface area contributed by atoms with Crippen LogP contribution in [0.4, 0.5) is 10.5 Å². The summed E-state index contributed by atoms with van der Waals surface area (Å²) in [5, 5.41) is 11.4. The Hall–Kier alpha value is -3.08. The van der Waals surface area contributed by atoms with Crippen LogP contribution in [0.25, 0.3) is 0 Å². The average molecular weight is 452 g/mol. The number of carbonyl (C=O) groups excluding carboxylic acids is 3. The Bertz CT molecular complexity index is 959. The summed E-state index contributed by atoms with van der Waals surface area (Å²) < 4.78 is 7.92. The fourth-order valence-corrected chi connectivity index (χ4v) is 3.60. The number of piperazine rings is 1. The van der Waals surface area contributed by atoms with Crippen LogP contribution in [0.3, 0.4) is 0 Å². The molecule has 1 N–H and O–H groups in total. The topological polar surface area (TPSA) is 115 Å². The molecule has 31 heavy (non-hydrogen) atoms. The minimum atomic E-state index is -0.571. The molecule has 168 valence electrons. The molecule has 0 radical (unpaired) electrons. The molecule has 3 heterocycles. The van der Waals surface area contributed by atoms with Crippen LogP contribution < -0.4 is 5.32 Å². The van der Waals surface area contributed by atoms with Crippen LogP contribution in [-0.2, 0) is 16.6 Å². The lowest BCUT2D eigenvalue weighted by molar-refractivity contribution is -0.136. The van der Waals surface area contributed by atoms with Crippen LogP contribution >= 0.6 is 11.6 Å². The fraction of sp³-hybridized carbons (Fsp3) is 0.526. The van der Waals surface area contributed by atoms with Gasteiger partial charge >= 0.3 is 6.09 Å². The lowest BCUT2D eigenvalue weighted by atomic mass is 10.2. The van der Waals surface area contributed by atoms with Gasteiger partial charge in [-0.3, -0.25) is 19.0 Å². The predicted octanol–water partition coefficient (Wildman–Crippen LogP) is 1.69. The molecule has 0 saturated carbocycles. The molecule has 1 aliphatic heterocycles. The number of hydrogen-bond acceptors (Lipinski definition) is 6. The molecule has 0 aromatic carbocycles. The zero-order chi connectivity index (χ0) is 22.7. The second-order valence-corrected chi connectivity index (χ2v) is 7.62. The highest BCUT2D eigenvalue weighted by molar-refractivity contribution is 6.34. The smallest absolute Gasteiger partial charge is 0.409 e. The number of hydrogen-bond donors (Lipinski definition) is 1. The van der Waals surface area contributed by atoms with Crippen molar-refractivity contribution in [3.05, 3.63) is 28.8 Å². The van der Waals surface area contributed by atoms with E-state index >= 15 is 0 Å². The van der Waals surface area contributed by atoms with Crippen LogP contribution in [0.2, 0.25) is 5.02 Å². The van der Waals surface area contributed by atoms with Gasteiger partial charge in [-0.25, -0.2) is 4.79 Å². The quantitative estimate of drug-likeness (QED) is 0.739. The Morgan fingerprint density at radius 3 is 2.45 bits per heavy atom. The lowest BCUT2D eigenvalue weighted by Crippen LogP contribution is -2.52. The Labute approximate surface area is 184 Å². The number of aryl methyl sites for hydroxylation is 2. The predicted molar refractivity (Wildman–Crippen MR) is 113 cm³/mol. The van der Waals surface area contributed by atoms with E-state index in [4.69, 9.17) is 16.3 Å². The molecule has 1 unspecified atom stereocenters. The summed E-state index contributed by atoms with van der Waals surface area (Å²) in [6.45, 7) is 7.25. The normalized spacial score (nSPS) is 15.0. The molecule has 1 saturated heterocycles. The first-order valence-electron chi connectivity index (χ1n) is 9.98. The molecule has 12 heteroatoms. The summed E-state index contributed by atoms with van der Waals surface area (Å²) >= 11 is 6.03. The summed E-state index contributed by atoms with van der Waals surface area (Å²) in [6, 6.07) is -0.571. The van der Waals surface area contributed by atoms with E-state index in [-0.39, 0.29) is 22.7 Å². The first kappa shape index (κ1) is 22.6. The second kappa shape index (κ2) is 9.38. The number of carbonyl (C=O) groups is 3. The highest BCUT2D eigenvalue weighted by Crippen LogP contribution is 2.21. The van der Waals surface area contributed by atoms with Gasteiger partial charge in [-0.1, -0.05) is 11.6 Å². The minimum Gasteiger partial charge on any atom is -0.450 e. The highest BCUT2D eigenvalue weighted by Gasteiger charge is 2.29. The van der Waals surface area contributed by atoms with Gasteiger partial charge in [0.05, 0.1) is 29.2 Å². The summed E-state index contributed by atoms with van der Waals surface area (Å²) in [5.74, 6) is -0.528. The van der Waals surface area contributed by atoms with Crippen molar-refractivity contribution in [1.29, 1.82) is 0 Å². The first-order chi connectivity index (χ1) is 14.7. The van der Waals surface area contributed by atoms with Crippen LogP contribution in [0.15, 0.2) is 12.4 Å². The highest BCUT2D eigenvalue weighted by atomic mass is 35.5. The molecule has 0 bridgehead atoms. The summed E-state index contributed by atoms with van der Waals surface area (Å²) in [5.41, 5.74) is 1.28. The van der Waals surface area contributed by atoms with E-state index < -0.39 is 11.9 Å². The second-order valence-electron chi connectivity index (χ2n) is 7.21. The van der Waals surface area contributed by atoms with Crippen molar-refractivity contribution >= 4 is 35.2 Å². The van der Waals surface area contributed by atoms with Crippen LogP contribution in [0.5, 0.6) is 0 Å². The van der Waals surface area contributed by atoms with Gasteiger partial charge in [0.2, 0.25) is 5.91 Å². The number of amides is 3. The third-order valence-electron chi connectivity index (χ3n) is 5.15. The Balaban J connectivity index is 1.64. The molecule has 2 aromatic heterocycles. The van der Waals surface area contributed by atoms with Crippen molar-refractivity contribution in [1.82, 2.24) is 29.4 Å². The standard InChI is InChI=1S/C19H26ClN7O4/c1-5-31-19(30)26-8-6-25(7-9-26)18(29)13(3)27-11-15(12(2)23-27)22-17(28)16-14(20)10-21-24(16)4/h10-11,13H,5-9H2,1-4H3,(H,22,28). The van der Waals surface area contributed by atoms with E-state index in [0.29, 0.717) is 44.2 Å². The number of halogens is 1. The molecule has 1 fully saturated rings. The van der Waals surface area contributed by atoms with Gasteiger partial charge < -0.3 is 19.9 Å². The molecule has 3 rings (SSSR count). The van der Waals surface area contributed by atoms with E-state index in [1.807, 2.05) is 0 Å². The Morgan fingerprint density at radius 1 is 1.23 bits per heavy atom. The summed E-state index contributed by atoms with van der Waals surface area (Å²) in [6.07, 6.45) is 2.66. The van der Waals surface area contributed by atoms with Crippen LogP contribution in [0, 0.1) is 6.92 Å². The number of aromatic nitrogens is 4. The van der Waals surface area contributed by atoms with Crippen LogP contribution in [-0.4, -0.2) is 80.1 Å². The Kier molecular flexibility index (Phi) is 6.84. The summed E-state index contributed by atoms with van der Waals surface area (Å²) in [4.78, 5) is 40.6. The molecule has 0 spiro atoms. The van der Waals surface area contributed by atoms with Gasteiger partial charge in [-0.15, -0.1) is 0 Å². The molecule has 1 aliphatic rings. The van der Waals surface area contributed by atoms with Crippen molar-refractivity contribution in [3.8, 4) is 0 Å². The minimum absolute atomic E-state index is 0.112. The molecular weight excluding hydrogens is 426 g/mol. The van der Waals surface area contributed by atoms with E-state index in [1.165, 1.54) is 15.6 Å². The lowest BCUT2D eigenvalue weighted by Gasteiger charge is -2.35. The molecule has 11 nitrogen and oxygen atoms in total. The van der Waals surface area contributed by atoms with Crippen molar-refractivity contribution in [3.63, 3.8) is 0 Å². The third-order valence-corrected chi connectivity index (χ3v) is 5.42. The van der Waals surface area contributed by atoms with Gasteiger partial charge in [0.15, 0.2) is 0 Å². The third kappa shape index (κ3) is 4.82. The zero-order valence-electron chi connectivity index (χ0n) is 18.0. The maximum atomic E-state index is 12.9.